The fraction of sp³-hybridized carbons (Fsp3) is 0.111. The highest BCUT2D eigenvalue weighted by Gasteiger charge is 2.07. The summed E-state index contributed by atoms with van der Waals surface area (Å²) in [6.45, 7) is 1.97. The molecule has 0 aliphatic rings. The van der Waals surface area contributed by atoms with E-state index >= 15 is 0 Å². The van der Waals surface area contributed by atoms with Crippen LogP contribution in [0.1, 0.15) is 11.4 Å². The van der Waals surface area contributed by atoms with E-state index in [9.17, 15) is 0 Å². The molecule has 0 atom stereocenters. The molecule has 4 aromatic rings. The lowest BCUT2D eigenvalue weighted by Crippen LogP contribution is -1.98. The predicted molar refractivity (Wildman–Crippen MR) is 99.0 cm³/mol. The number of imidazole rings is 1. The summed E-state index contributed by atoms with van der Waals surface area (Å²) in [6, 6.07) is 13.8. The van der Waals surface area contributed by atoms with Crippen LogP contribution in [0.5, 0.6) is 0 Å². The van der Waals surface area contributed by atoms with Gasteiger partial charge in [0.25, 0.3) is 0 Å². The lowest BCUT2D eigenvalue weighted by Gasteiger charge is -2.08. The summed E-state index contributed by atoms with van der Waals surface area (Å²) in [5.74, 6) is 2.19. The number of fused-ring (bicyclic) bond motifs is 1. The minimum absolute atomic E-state index is 0.692. The Balaban J connectivity index is 1.50. The van der Waals surface area contributed by atoms with Crippen LogP contribution in [0.4, 0.5) is 11.5 Å². The van der Waals surface area contributed by atoms with Crippen molar-refractivity contribution in [3.05, 3.63) is 72.4 Å². The predicted octanol–water partition coefficient (Wildman–Crippen LogP) is 3.86. The summed E-state index contributed by atoms with van der Waals surface area (Å²) in [6.07, 6.45) is 5.66. The van der Waals surface area contributed by atoms with E-state index in [1.54, 1.807) is 18.0 Å². The van der Waals surface area contributed by atoms with Gasteiger partial charge in [-0.15, -0.1) is 0 Å². The molecule has 25 heavy (non-hydrogen) atoms. The van der Waals surface area contributed by atoms with Crippen molar-refractivity contribution in [3.63, 3.8) is 0 Å². The molecule has 0 amide bonds. The van der Waals surface area contributed by atoms with Gasteiger partial charge >= 0.3 is 0 Å². The highest BCUT2D eigenvalue weighted by molar-refractivity contribution is 7.98. The van der Waals surface area contributed by atoms with Crippen LogP contribution in [-0.2, 0) is 5.75 Å². The van der Waals surface area contributed by atoms with Crippen molar-refractivity contribution in [2.45, 2.75) is 17.8 Å². The molecule has 0 aliphatic heterocycles. The topological polar surface area (TPSA) is 68.0 Å². The Morgan fingerprint density at radius 3 is 2.80 bits per heavy atom. The lowest BCUT2D eigenvalue weighted by atomic mass is 10.3. The number of nitrogens with zero attached hydrogens (tertiary/aromatic N) is 5. The Bertz CT molecular complexity index is 966. The number of para-hydroxylation sites is 1. The molecule has 0 unspecified atom stereocenters. The number of aromatic nitrogens is 5. The summed E-state index contributed by atoms with van der Waals surface area (Å²) in [5, 5.41) is 4.04. The highest BCUT2D eigenvalue weighted by Crippen LogP contribution is 2.22. The Morgan fingerprint density at radius 1 is 1.08 bits per heavy atom. The molecule has 0 fully saturated rings. The Kier molecular flexibility index (Phi) is 4.30. The molecule has 0 saturated heterocycles. The fourth-order valence-electron chi connectivity index (χ4n) is 2.43. The zero-order valence-electron chi connectivity index (χ0n) is 13.6. The average molecular weight is 348 g/mol. The highest BCUT2D eigenvalue weighted by atomic mass is 32.2. The molecule has 1 N–H and O–H groups in total. The van der Waals surface area contributed by atoms with Gasteiger partial charge in [-0.1, -0.05) is 30.0 Å². The molecular formula is C18H16N6S. The summed E-state index contributed by atoms with van der Waals surface area (Å²) in [4.78, 5) is 17.8. The number of benzene rings is 1. The first kappa shape index (κ1) is 15.6. The second-order valence-electron chi connectivity index (χ2n) is 5.52. The summed E-state index contributed by atoms with van der Waals surface area (Å²) in [5.41, 5.74) is 2.88. The first-order valence-electron chi connectivity index (χ1n) is 7.85. The molecule has 7 heteroatoms. The number of aryl methyl sites for hydroxylation is 1. The van der Waals surface area contributed by atoms with Gasteiger partial charge in [-0.25, -0.2) is 19.9 Å². The van der Waals surface area contributed by atoms with Crippen molar-refractivity contribution in [2.24, 2.45) is 0 Å². The van der Waals surface area contributed by atoms with E-state index in [4.69, 9.17) is 0 Å². The van der Waals surface area contributed by atoms with Gasteiger partial charge in [-0.3, -0.25) is 4.40 Å². The zero-order valence-corrected chi connectivity index (χ0v) is 14.4. The Morgan fingerprint density at radius 2 is 1.96 bits per heavy atom. The van der Waals surface area contributed by atoms with Crippen LogP contribution < -0.4 is 5.32 Å². The van der Waals surface area contributed by atoms with Crippen molar-refractivity contribution in [3.8, 4) is 0 Å². The molecular weight excluding hydrogens is 332 g/mol. The average Bonchev–Trinajstić information content (AvgIpc) is 3.03. The van der Waals surface area contributed by atoms with E-state index < -0.39 is 0 Å². The number of anilines is 2. The normalized spacial score (nSPS) is 10.9. The quantitative estimate of drug-likeness (QED) is 0.436. The Hall–Kier alpha value is -2.93. The maximum Gasteiger partial charge on any atom is 0.233 e. The molecule has 124 valence electrons. The van der Waals surface area contributed by atoms with E-state index in [1.165, 1.54) is 0 Å². The monoisotopic (exact) mass is 348 g/mol. The molecule has 4 rings (SSSR count). The number of hydrogen-bond acceptors (Lipinski definition) is 6. The standard InChI is InChI=1S/C18H16N6S/c1-13-10-16(21-14-6-3-2-4-7-14)23-18(20-13)25-12-15-11-24-9-5-8-19-17(24)22-15/h2-11H,12H2,1H3,(H,20,21,23). The molecule has 0 bridgehead atoms. The van der Waals surface area contributed by atoms with Crippen LogP contribution in [-0.4, -0.2) is 24.3 Å². The van der Waals surface area contributed by atoms with Crippen LogP contribution in [0.25, 0.3) is 5.78 Å². The van der Waals surface area contributed by atoms with Crippen molar-refractivity contribution in [1.29, 1.82) is 0 Å². The Labute approximate surface area is 149 Å². The smallest absolute Gasteiger partial charge is 0.233 e. The van der Waals surface area contributed by atoms with Gasteiger partial charge in [0.05, 0.1) is 5.69 Å². The van der Waals surface area contributed by atoms with Crippen molar-refractivity contribution < 1.29 is 0 Å². The van der Waals surface area contributed by atoms with Crippen LogP contribution in [0.3, 0.4) is 0 Å². The van der Waals surface area contributed by atoms with E-state index in [-0.39, 0.29) is 0 Å². The third-order valence-electron chi connectivity index (χ3n) is 3.51. The van der Waals surface area contributed by atoms with Crippen LogP contribution in [0.15, 0.2) is 66.2 Å². The van der Waals surface area contributed by atoms with Gasteiger partial charge in [0.2, 0.25) is 5.78 Å². The third kappa shape index (κ3) is 3.77. The SMILES string of the molecule is Cc1cc(Nc2ccccc2)nc(SCc2cn3cccnc3n2)n1. The number of nitrogens with one attached hydrogen (secondary N) is 1. The molecule has 0 saturated carbocycles. The lowest BCUT2D eigenvalue weighted by molar-refractivity contribution is 0.936. The number of thioether (sulfide) groups is 1. The number of hydrogen-bond donors (Lipinski definition) is 1. The second kappa shape index (κ2) is 6.90. The zero-order chi connectivity index (χ0) is 17.1. The van der Waals surface area contributed by atoms with Crippen molar-refractivity contribution in [1.82, 2.24) is 24.3 Å². The van der Waals surface area contributed by atoms with Crippen LogP contribution in [0, 0.1) is 6.92 Å². The molecule has 3 aromatic heterocycles. The molecule has 3 heterocycles. The second-order valence-corrected chi connectivity index (χ2v) is 6.46. The van der Waals surface area contributed by atoms with Crippen molar-refractivity contribution in [2.75, 3.05) is 5.32 Å². The minimum atomic E-state index is 0.692. The molecule has 1 aromatic carbocycles. The first-order valence-corrected chi connectivity index (χ1v) is 8.84. The van der Waals surface area contributed by atoms with E-state index in [0.717, 1.165) is 28.0 Å². The van der Waals surface area contributed by atoms with Gasteiger partial charge in [-0.2, -0.15) is 0 Å². The number of rotatable bonds is 5. The van der Waals surface area contributed by atoms with Gasteiger partial charge in [0.1, 0.15) is 5.82 Å². The maximum atomic E-state index is 4.59. The largest absolute Gasteiger partial charge is 0.340 e. The molecule has 6 nitrogen and oxygen atoms in total. The van der Waals surface area contributed by atoms with Crippen LogP contribution >= 0.6 is 11.8 Å². The molecule has 0 radical (unpaired) electrons. The van der Waals surface area contributed by atoms with E-state index in [2.05, 4.69) is 25.3 Å². The molecule has 0 spiro atoms. The van der Waals surface area contributed by atoms with E-state index in [1.807, 2.05) is 66.2 Å². The van der Waals surface area contributed by atoms with E-state index in [0.29, 0.717) is 11.5 Å². The molecule has 0 aliphatic carbocycles. The summed E-state index contributed by atoms with van der Waals surface area (Å²) >= 11 is 1.56. The first-order chi connectivity index (χ1) is 12.3. The van der Waals surface area contributed by atoms with Gasteiger partial charge in [0, 0.05) is 41.8 Å². The van der Waals surface area contributed by atoms with Gasteiger partial charge in [-0.05, 0) is 25.1 Å². The van der Waals surface area contributed by atoms with Crippen molar-refractivity contribution >= 4 is 29.0 Å². The maximum absolute atomic E-state index is 4.59. The van der Waals surface area contributed by atoms with Gasteiger partial charge in [0.15, 0.2) is 5.16 Å². The summed E-state index contributed by atoms with van der Waals surface area (Å²) < 4.78 is 1.91. The summed E-state index contributed by atoms with van der Waals surface area (Å²) in [7, 11) is 0. The van der Waals surface area contributed by atoms with Gasteiger partial charge < -0.3 is 5.32 Å². The van der Waals surface area contributed by atoms with Crippen LogP contribution in [0.2, 0.25) is 0 Å². The third-order valence-corrected chi connectivity index (χ3v) is 4.40. The fourth-order valence-corrected chi connectivity index (χ4v) is 3.21. The minimum Gasteiger partial charge on any atom is -0.340 e.